The van der Waals surface area contributed by atoms with Crippen LogP contribution in [0.1, 0.15) is 35.7 Å². The normalized spacial score (nSPS) is 10.8. The van der Waals surface area contributed by atoms with Crippen LogP contribution >= 0.6 is 0 Å². The Bertz CT molecular complexity index is 725. The summed E-state index contributed by atoms with van der Waals surface area (Å²) in [7, 11) is 1.60. The number of aromatic carboxylic acids is 1. The summed E-state index contributed by atoms with van der Waals surface area (Å²) in [6.07, 6.45) is 3.73. The molecule has 5 nitrogen and oxygen atoms in total. The summed E-state index contributed by atoms with van der Waals surface area (Å²) in [4.78, 5) is 15.3. The molecule has 0 saturated carbocycles. The first kappa shape index (κ1) is 17.5. The molecule has 24 heavy (non-hydrogen) atoms. The molecule has 126 valence electrons. The predicted molar refractivity (Wildman–Crippen MR) is 94.1 cm³/mol. The Balaban J connectivity index is 2.14. The fourth-order valence-electron chi connectivity index (χ4n) is 2.08. The highest BCUT2D eigenvalue weighted by atomic mass is 16.5. The van der Waals surface area contributed by atoms with Gasteiger partial charge in [0.15, 0.2) is 11.5 Å². The molecule has 0 aliphatic heterocycles. The summed E-state index contributed by atoms with van der Waals surface area (Å²) in [5.41, 5.74) is 1.63. The lowest BCUT2D eigenvalue weighted by molar-refractivity contribution is 0.0697. The van der Waals surface area contributed by atoms with E-state index in [0.717, 1.165) is 18.4 Å². The minimum Gasteiger partial charge on any atom is -0.493 e. The molecule has 5 heteroatoms. The van der Waals surface area contributed by atoms with Crippen LogP contribution in [0.2, 0.25) is 0 Å². The number of methoxy groups -OCH3 is 1. The molecule has 2 aromatic carbocycles. The zero-order chi connectivity index (χ0) is 17.4. The molecule has 2 rings (SSSR count). The van der Waals surface area contributed by atoms with Crippen molar-refractivity contribution in [2.24, 2.45) is 4.99 Å². The van der Waals surface area contributed by atoms with Gasteiger partial charge in [-0.25, -0.2) is 4.79 Å². The average Bonchev–Trinajstić information content (AvgIpc) is 2.61. The minimum atomic E-state index is -0.970. The summed E-state index contributed by atoms with van der Waals surface area (Å²) >= 11 is 0. The van der Waals surface area contributed by atoms with Gasteiger partial charge in [0.2, 0.25) is 0 Å². The third-order valence-corrected chi connectivity index (χ3v) is 3.40. The van der Waals surface area contributed by atoms with Crippen molar-refractivity contribution in [1.29, 1.82) is 0 Å². The highest BCUT2D eigenvalue weighted by Crippen LogP contribution is 2.28. The van der Waals surface area contributed by atoms with Crippen LogP contribution in [-0.4, -0.2) is 31.0 Å². The molecule has 0 unspecified atom stereocenters. The highest BCUT2D eigenvalue weighted by Gasteiger charge is 2.05. The molecule has 0 atom stereocenters. The largest absolute Gasteiger partial charge is 0.493 e. The lowest BCUT2D eigenvalue weighted by Gasteiger charge is -2.10. The number of carboxylic acid groups (broad SMARTS) is 1. The van der Waals surface area contributed by atoms with Crippen molar-refractivity contribution in [3.8, 4) is 11.5 Å². The van der Waals surface area contributed by atoms with Crippen molar-refractivity contribution in [3.63, 3.8) is 0 Å². The highest BCUT2D eigenvalue weighted by molar-refractivity contribution is 5.89. The molecule has 0 fully saturated rings. The van der Waals surface area contributed by atoms with Gasteiger partial charge in [0.05, 0.1) is 25.0 Å². The number of hydrogen-bond acceptors (Lipinski definition) is 4. The van der Waals surface area contributed by atoms with Crippen LogP contribution in [0.25, 0.3) is 0 Å². The summed E-state index contributed by atoms with van der Waals surface area (Å²) in [5.74, 6) is 0.382. The Morgan fingerprint density at radius 1 is 1.21 bits per heavy atom. The second-order valence-corrected chi connectivity index (χ2v) is 5.23. The Hall–Kier alpha value is -2.82. The molecular formula is C19H21NO4. The van der Waals surface area contributed by atoms with Crippen LogP contribution in [0, 0.1) is 0 Å². The van der Waals surface area contributed by atoms with E-state index in [2.05, 4.69) is 11.9 Å². The number of rotatable bonds is 8. The smallest absolute Gasteiger partial charge is 0.335 e. The van der Waals surface area contributed by atoms with Gasteiger partial charge in [-0.05, 0) is 48.4 Å². The minimum absolute atomic E-state index is 0.210. The van der Waals surface area contributed by atoms with Crippen LogP contribution in [0.3, 0.4) is 0 Å². The topological polar surface area (TPSA) is 68.1 Å². The van der Waals surface area contributed by atoms with Crippen molar-refractivity contribution in [2.75, 3.05) is 13.7 Å². The number of carboxylic acids is 1. The molecule has 0 heterocycles. The lowest BCUT2D eigenvalue weighted by Crippen LogP contribution is -1.99. The van der Waals surface area contributed by atoms with E-state index in [1.165, 1.54) is 12.1 Å². The maximum absolute atomic E-state index is 11.0. The molecule has 0 aromatic heterocycles. The first-order chi connectivity index (χ1) is 11.6. The molecule has 2 aromatic rings. The van der Waals surface area contributed by atoms with Crippen molar-refractivity contribution in [3.05, 3.63) is 53.6 Å². The first-order valence-corrected chi connectivity index (χ1v) is 7.82. The summed E-state index contributed by atoms with van der Waals surface area (Å²) < 4.78 is 11.0. The van der Waals surface area contributed by atoms with Crippen molar-refractivity contribution in [2.45, 2.75) is 19.8 Å². The van der Waals surface area contributed by atoms with Gasteiger partial charge in [-0.3, -0.25) is 4.99 Å². The van der Waals surface area contributed by atoms with E-state index in [-0.39, 0.29) is 5.56 Å². The Morgan fingerprint density at radius 2 is 2.04 bits per heavy atom. The number of ether oxygens (including phenoxy) is 2. The fraction of sp³-hybridized carbons (Fsp3) is 0.263. The van der Waals surface area contributed by atoms with Crippen LogP contribution in [-0.2, 0) is 0 Å². The van der Waals surface area contributed by atoms with E-state index < -0.39 is 5.97 Å². The number of unbranched alkanes of at least 4 members (excludes halogenated alkanes) is 1. The van der Waals surface area contributed by atoms with Gasteiger partial charge in [-0.1, -0.05) is 19.4 Å². The Kier molecular flexibility index (Phi) is 6.37. The zero-order valence-electron chi connectivity index (χ0n) is 13.9. The van der Waals surface area contributed by atoms with Gasteiger partial charge in [0.1, 0.15) is 0 Å². The van der Waals surface area contributed by atoms with E-state index in [9.17, 15) is 4.79 Å². The summed E-state index contributed by atoms with van der Waals surface area (Å²) in [6.45, 7) is 2.77. The van der Waals surface area contributed by atoms with E-state index >= 15 is 0 Å². The summed E-state index contributed by atoms with van der Waals surface area (Å²) in [6, 6.07) is 12.1. The van der Waals surface area contributed by atoms with Crippen molar-refractivity contribution in [1.82, 2.24) is 0 Å². The molecular weight excluding hydrogens is 306 g/mol. The first-order valence-electron chi connectivity index (χ1n) is 7.82. The third-order valence-electron chi connectivity index (χ3n) is 3.40. The zero-order valence-corrected chi connectivity index (χ0v) is 13.9. The Labute approximate surface area is 141 Å². The van der Waals surface area contributed by atoms with Crippen LogP contribution in [0.5, 0.6) is 11.5 Å². The molecule has 0 aliphatic carbocycles. The molecule has 0 saturated heterocycles. The molecule has 1 N–H and O–H groups in total. The molecule has 0 spiro atoms. The van der Waals surface area contributed by atoms with Gasteiger partial charge in [-0.15, -0.1) is 0 Å². The monoisotopic (exact) mass is 327 g/mol. The van der Waals surface area contributed by atoms with Crippen molar-refractivity contribution < 1.29 is 19.4 Å². The molecule has 0 aliphatic rings. The number of aliphatic imine (C=N–C) groups is 1. The van der Waals surface area contributed by atoms with Gasteiger partial charge in [0.25, 0.3) is 0 Å². The third kappa shape index (κ3) is 4.84. The van der Waals surface area contributed by atoms with Crippen LogP contribution in [0.4, 0.5) is 5.69 Å². The van der Waals surface area contributed by atoms with E-state index in [0.29, 0.717) is 23.8 Å². The standard InChI is InChI=1S/C19H21NO4/c1-3-4-10-24-17-9-8-14(11-18(17)23-2)13-20-16-7-5-6-15(12-16)19(21)22/h5-9,11-13H,3-4,10H2,1-2H3,(H,21,22). The van der Waals surface area contributed by atoms with Gasteiger partial charge >= 0.3 is 5.97 Å². The van der Waals surface area contributed by atoms with Gasteiger partial charge in [0, 0.05) is 6.21 Å². The van der Waals surface area contributed by atoms with E-state index in [4.69, 9.17) is 14.6 Å². The second kappa shape index (κ2) is 8.72. The average molecular weight is 327 g/mol. The fourth-order valence-corrected chi connectivity index (χ4v) is 2.08. The van der Waals surface area contributed by atoms with Crippen LogP contribution in [0.15, 0.2) is 47.5 Å². The maximum atomic E-state index is 11.0. The predicted octanol–water partition coefficient (Wildman–Crippen LogP) is 4.32. The van der Waals surface area contributed by atoms with E-state index in [1.807, 2.05) is 18.2 Å². The Morgan fingerprint density at radius 3 is 2.75 bits per heavy atom. The van der Waals surface area contributed by atoms with Crippen molar-refractivity contribution >= 4 is 17.9 Å². The van der Waals surface area contributed by atoms with Gasteiger partial charge < -0.3 is 14.6 Å². The summed E-state index contributed by atoms with van der Waals surface area (Å²) in [5, 5.41) is 9.00. The molecule has 0 radical (unpaired) electrons. The second-order valence-electron chi connectivity index (χ2n) is 5.23. The number of benzene rings is 2. The maximum Gasteiger partial charge on any atom is 0.335 e. The number of nitrogens with zero attached hydrogens (tertiary/aromatic N) is 1. The van der Waals surface area contributed by atoms with Crippen LogP contribution < -0.4 is 9.47 Å². The van der Waals surface area contributed by atoms with E-state index in [1.54, 1.807) is 25.5 Å². The lowest BCUT2D eigenvalue weighted by atomic mass is 10.2. The quantitative estimate of drug-likeness (QED) is 0.579. The molecule has 0 bridgehead atoms. The molecule has 0 amide bonds. The SMILES string of the molecule is CCCCOc1ccc(C=Nc2cccc(C(=O)O)c2)cc1OC. The number of carbonyl (C=O) groups is 1. The number of hydrogen-bond donors (Lipinski definition) is 1. The van der Waals surface area contributed by atoms with Gasteiger partial charge in [-0.2, -0.15) is 0 Å².